The van der Waals surface area contributed by atoms with Crippen LogP contribution in [0.15, 0.2) is 42.5 Å². The molecule has 0 saturated heterocycles. The van der Waals surface area contributed by atoms with Crippen molar-refractivity contribution in [1.82, 2.24) is 4.90 Å². The summed E-state index contributed by atoms with van der Waals surface area (Å²) in [4.78, 5) is 4.60. The number of rotatable bonds is 4. The minimum Gasteiger partial charge on any atom is -0.341 e. The van der Waals surface area contributed by atoms with Crippen molar-refractivity contribution >= 4 is 11.4 Å². The molecule has 1 aliphatic heterocycles. The summed E-state index contributed by atoms with van der Waals surface area (Å²) < 4.78 is 13.7. The van der Waals surface area contributed by atoms with Gasteiger partial charge in [0.15, 0.2) is 0 Å². The summed E-state index contributed by atoms with van der Waals surface area (Å²) in [6, 6.07) is 13.8. The summed E-state index contributed by atoms with van der Waals surface area (Å²) in [6.07, 6.45) is 1.86. The molecule has 0 radical (unpaired) electrons. The van der Waals surface area contributed by atoms with Gasteiger partial charge in [-0.05, 0) is 68.2 Å². The third-order valence-corrected chi connectivity index (χ3v) is 4.45. The minimum atomic E-state index is -0.143. The number of hydrogen-bond acceptors (Lipinski definition) is 2. The molecule has 0 fully saturated rings. The van der Waals surface area contributed by atoms with Gasteiger partial charge in [0, 0.05) is 24.5 Å². The molecular weight excluding hydrogens is 286 g/mol. The van der Waals surface area contributed by atoms with E-state index in [1.54, 1.807) is 12.1 Å². The van der Waals surface area contributed by atoms with E-state index in [0.717, 1.165) is 37.2 Å². The first-order chi connectivity index (χ1) is 11.0. The molecule has 3 rings (SSSR count). The lowest BCUT2D eigenvalue weighted by molar-refractivity contribution is 0.343. The van der Waals surface area contributed by atoms with E-state index in [0.29, 0.717) is 5.92 Å². The van der Waals surface area contributed by atoms with Crippen LogP contribution in [0.25, 0.3) is 0 Å². The summed E-state index contributed by atoms with van der Waals surface area (Å²) in [5, 5.41) is 0. The second-order valence-corrected chi connectivity index (χ2v) is 6.88. The third-order valence-electron chi connectivity index (χ3n) is 4.45. The van der Waals surface area contributed by atoms with E-state index >= 15 is 0 Å². The van der Waals surface area contributed by atoms with E-state index < -0.39 is 0 Å². The molecule has 2 aromatic rings. The lowest BCUT2D eigenvalue weighted by atomic mass is 10.0. The zero-order chi connectivity index (χ0) is 16.4. The number of para-hydroxylation sites is 1. The zero-order valence-electron chi connectivity index (χ0n) is 14.2. The van der Waals surface area contributed by atoms with Crippen molar-refractivity contribution in [1.29, 1.82) is 0 Å². The Kier molecular flexibility index (Phi) is 4.67. The van der Waals surface area contributed by atoms with E-state index in [-0.39, 0.29) is 5.82 Å². The van der Waals surface area contributed by atoms with E-state index in [2.05, 4.69) is 55.1 Å². The molecule has 122 valence electrons. The first-order valence-electron chi connectivity index (χ1n) is 8.33. The largest absolute Gasteiger partial charge is 0.341 e. The zero-order valence-corrected chi connectivity index (χ0v) is 14.2. The standard InChI is InChI=1S/C20H25FN2/c1-15(13-22(2)3)14-23-19-7-5-4-6-16(19)8-9-17-12-18(21)10-11-20(17)23/h4-7,10-12,15H,8-9,13-14H2,1-3H3/i21-1. The van der Waals surface area contributed by atoms with Gasteiger partial charge < -0.3 is 9.80 Å². The maximum atomic E-state index is 13.7. The highest BCUT2D eigenvalue weighted by atomic mass is 18.2. The van der Waals surface area contributed by atoms with Crippen molar-refractivity contribution in [2.45, 2.75) is 19.8 Å². The highest BCUT2D eigenvalue weighted by Gasteiger charge is 2.22. The predicted octanol–water partition coefficient (Wildman–Crippen LogP) is 4.26. The van der Waals surface area contributed by atoms with Crippen LogP contribution in [0.4, 0.5) is 15.8 Å². The summed E-state index contributed by atoms with van der Waals surface area (Å²) in [5.41, 5.74) is 4.88. The summed E-state index contributed by atoms with van der Waals surface area (Å²) >= 11 is 0. The van der Waals surface area contributed by atoms with Crippen LogP contribution >= 0.6 is 0 Å². The number of anilines is 2. The van der Waals surface area contributed by atoms with Gasteiger partial charge in [0.05, 0.1) is 0 Å². The number of benzene rings is 2. The second kappa shape index (κ2) is 6.71. The summed E-state index contributed by atoms with van der Waals surface area (Å²) in [5.74, 6) is 0.380. The van der Waals surface area contributed by atoms with Crippen LogP contribution in [0.5, 0.6) is 0 Å². The van der Waals surface area contributed by atoms with E-state index in [9.17, 15) is 4.39 Å². The Balaban J connectivity index is 2.01. The predicted molar refractivity (Wildman–Crippen MR) is 95.0 cm³/mol. The van der Waals surface area contributed by atoms with Crippen LogP contribution in [0, 0.1) is 11.7 Å². The summed E-state index contributed by atoms with van der Waals surface area (Å²) in [7, 11) is 4.21. The molecule has 3 heteroatoms. The topological polar surface area (TPSA) is 6.48 Å². The highest BCUT2D eigenvalue weighted by molar-refractivity contribution is 5.71. The Morgan fingerprint density at radius 2 is 1.74 bits per heavy atom. The van der Waals surface area contributed by atoms with Crippen LogP contribution in [-0.4, -0.2) is 32.1 Å². The third kappa shape index (κ3) is 3.56. The van der Waals surface area contributed by atoms with Gasteiger partial charge >= 0.3 is 0 Å². The van der Waals surface area contributed by atoms with Gasteiger partial charge in [-0.2, -0.15) is 0 Å². The minimum absolute atomic E-state index is 0.143. The molecule has 0 saturated carbocycles. The monoisotopic (exact) mass is 311 g/mol. The number of fused-ring (bicyclic) bond motifs is 2. The van der Waals surface area contributed by atoms with Crippen molar-refractivity contribution in [2.24, 2.45) is 5.92 Å². The van der Waals surface area contributed by atoms with Crippen molar-refractivity contribution in [3.8, 4) is 0 Å². The Morgan fingerprint density at radius 1 is 1.04 bits per heavy atom. The van der Waals surface area contributed by atoms with Crippen LogP contribution in [0.3, 0.4) is 0 Å². The van der Waals surface area contributed by atoms with Gasteiger partial charge in [-0.1, -0.05) is 25.1 Å². The van der Waals surface area contributed by atoms with E-state index in [1.807, 2.05) is 6.07 Å². The smallest absolute Gasteiger partial charge is 0.123 e. The summed E-state index contributed by atoms with van der Waals surface area (Å²) in [6.45, 7) is 4.25. The van der Waals surface area contributed by atoms with Crippen molar-refractivity contribution < 1.29 is 4.39 Å². The fourth-order valence-corrected chi connectivity index (χ4v) is 3.59. The Labute approximate surface area is 138 Å². The van der Waals surface area contributed by atoms with Gasteiger partial charge in [0.25, 0.3) is 0 Å². The molecular formula is C20H25FN2. The van der Waals surface area contributed by atoms with Gasteiger partial charge in [-0.25, -0.2) is 4.39 Å². The van der Waals surface area contributed by atoms with Crippen molar-refractivity contribution in [3.05, 3.63) is 59.4 Å². The first-order valence-corrected chi connectivity index (χ1v) is 8.33. The van der Waals surface area contributed by atoms with E-state index in [4.69, 9.17) is 0 Å². The first kappa shape index (κ1) is 16.0. The average molecular weight is 311 g/mol. The molecule has 0 amide bonds. The van der Waals surface area contributed by atoms with Crippen molar-refractivity contribution in [3.63, 3.8) is 0 Å². The molecule has 1 unspecified atom stereocenters. The SMILES string of the molecule is CC(CN(C)C)CN1c2ccccc2CCc2cc([18F])ccc21. The number of nitrogens with zero attached hydrogens (tertiary/aromatic N) is 2. The number of halogens is 1. The Hall–Kier alpha value is -1.87. The van der Waals surface area contributed by atoms with Crippen LogP contribution in [-0.2, 0) is 12.8 Å². The lowest BCUT2D eigenvalue weighted by Crippen LogP contribution is -2.30. The molecule has 0 aliphatic carbocycles. The van der Waals surface area contributed by atoms with Gasteiger partial charge in [-0.15, -0.1) is 0 Å². The maximum Gasteiger partial charge on any atom is 0.123 e. The molecule has 23 heavy (non-hydrogen) atoms. The molecule has 0 aromatic heterocycles. The van der Waals surface area contributed by atoms with Gasteiger partial charge in [0.2, 0.25) is 0 Å². The Bertz CT molecular complexity index is 681. The fourth-order valence-electron chi connectivity index (χ4n) is 3.59. The molecule has 2 nitrogen and oxygen atoms in total. The van der Waals surface area contributed by atoms with Crippen LogP contribution in [0.2, 0.25) is 0 Å². The normalized spacial score (nSPS) is 15.1. The second-order valence-electron chi connectivity index (χ2n) is 6.88. The van der Waals surface area contributed by atoms with Gasteiger partial charge in [-0.3, -0.25) is 0 Å². The Morgan fingerprint density at radius 3 is 2.52 bits per heavy atom. The molecule has 1 aliphatic rings. The molecule has 1 heterocycles. The molecule has 1 atom stereocenters. The van der Waals surface area contributed by atoms with Crippen molar-refractivity contribution in [2.75, 3.05) is 32.1 Å². The lowest BCUT2D eigenvalue weighted by Gasteiger charge is -2.30. The number of hydrogen-bond donors (Lipinski definition) is 0. The van der Waals surface area contributed by atoms with E-state index in [1.165, 1.54) is 11.3 Å². The number of aryl methyl sites for hydroxylation is 2. The maximum absolute atomic E-state index is 13.7. The van der Waals surface area contributed by atoms with Crippen LogP contribution in [0.1, 0.15) is 18.1 Å². The van der Waals surface area contributed by atoms with Crippen LogP contribution < -0.4 is 4.90 Å². The molecule has 2 aromatic carbocycles. The quantitative estimate of drug-likeness (QED) is 0.832. The fraction of sp³-hybridized carbons (Fsp3) is 0.400. The highest BCUT2D eigenvalue weighted by Crippen LogP contribution is 2.36. The average Bonchev–Trinajstić information content (AvgIpc) is 2.64. The molecule has 0 bridgehead atoms. The van der Waals surface area contributed by atoms with Gasteiger partial charge in [0.1, 0.15) is 5.82 Å². The molecule has 0 spiro atoms. The molecule has 0 N–H and O–H groups in total.